The number of nitrogens with zero attached hydrogens (tertiary/aromatic N) is 1. The van der Waals surface area contributed by atoms with Gasteiger partial charge in [-0.2, -0.15) is 0 Å². The second-order valence-corrected chi connectivity index (χ2v) is 6.53. The number of ether oxygens (including phenoxy) is 2. The number of amides is 1. The highest BCUT2D eigenvalue weighted by atomic mass is 16.6. The highest BCUT2D eigenvalue weighted by Gasteiger charge is 2.19. The van der Waals surface area contributed by atoms with Crippen LogP contribution in [-0.2, 0) is 11.3 Å². The smallest absolute Gasteiger partial charge is 0.311 e. The first-order chi connectivity index (χ1) is 13.3. The lowest BCUT2D eigenvalue weighted by Crippen LogP contribution is -3.08. The molecule has 0 fully saturated rings. The van der Waals surface area contributed by atoms with Crippen molar-refractivity contribution in [2.75, 3.05) is 32.6 Å². The quantitative estimate of drug-likeness (QED) is 0.506. The lowest BCUT2D eigenvalue weighted by Gasteiger charge is -2.15. The Labute approximate surface area is 164 Å². The molecule has 0 aromatic heterocycles. The molecule has 0 spiro atoms. The SMILES string of the molecule is CCOc1ccc(C[NH+](C)CC(=O)Nc2cc(OC)c([N+](=O)[O-])cc2C)cc1. The Morgan fingerprint density at radius 2 is 1.93 bits per heavy atom. The lowest BCUT2D eigenvalue weighted by molar-refractivity contribution is -0.885. The average Bonchev–Trinajstić information content (AvgIpc) is 2.64. The van der Waals surface area contributed by atoms with Crippen LogP contribution in [0.5, 0.6) is 11.5 Å². The summed E-state index contributed by atoms with van der Waals surface area (Å²) in [4.78, 5) is 24.0. The number of aryl methyl sites for hydroxylation is 1. The third kappa shape index (κ3) is 5.68. The average molecular weight is 388 g/mol. The van der Waals surface area contributed by atoms with Gasteiger partial charge >= 0.3 is 5.69 Å². The third-order valence-corrected chi connectivity index (χ3v) is 4.20. The summed E-state index contributed by atoms with van der Waals surface area (Å²) in [6.45, 7) is 5.21. The maximum absolute atomic E-state index is 12.4. The summed E-state index contributed by atoms with van der Waals surface area (Å²) in [5.41, 5.74) is 2.07. The molecule has 0 aliphatic heterocycles. The molecule has 0 radical (unpaired) electrons. The number of nitro groups is 1. The summed E-state index contributed by atoms with van der Waals surface area (Å²) in [6, 6.07) is 10.7. The zero-order chi connectivity index (χ0) is 20.7. The van der Waals surface area contributed by atoms with E-state index in [0.29, 0.717) is 24.4 Å². The number of benzene rings is 2. The molecule has 0 aliphatic rings. The Hall–Kier alpha value is -3.13. The predicted molar refractivity (Wildman–Crippen MR) is 106 cm³/mol. The topological polar surface area (TPSA) is 95.1 Å². The summed E-state index contributed by atoms with van der Waals surface area (Å²) in [5.74, 6) is 0.757. The van der Waals surface area contributed by atoms with Crippen LogP contribution in [-0.4, -0.2) is 38.1 Å². The van der Waals surface area contributed by atoms with Gasteiger partial charge in [-0.05, 0) is 43.7 Å². The standard InChI is InChI=1S/C20H25N3O5/c1-5-28-16-8-6-15(7-9-16)12-22(3)13-20(24)21-17-11-19(27-4)18(23(25)26)10-14(17)2/h6-11H,5,12-13H2,1-4H3,(H,21,24)/p+1. The van der Waals surface area contributed by atoms with E-state index >= 15 is 0 Å². The monoisotopic (exact) mass is 388 g/mol. The zero-order valence-corrected chi connectivity index (χ0v) is 16.6. The van der Waals surface area contributed by atoms with E-state index in [1.165, 1.54) is 19.2 Å². The molecule has 0 bridgehead atoms. The van der Waals surface area contributed by atoms with E-state index < -0.39 is 4.92 Å². The van der Waals surface area contributed by atoms with Gasteiger partial charge in [0.1, 0.15) is 12.3 Å². The maximum Gasteiger partial charge on any atom is 0.311 e. The highest BCUT2D eigenvalue weighted by Crippen LogP contribution is 2.32. The molecule has 2 N–H and O–H groups in total. The van der Waals surface area contributed by atoms with Crippen LogP contribution < -0.4 is 19.7 Å². The minimum absolute atomic E-state index is 0.112. The molecule has 0 aliphatic carbocycles. The molecular weight excluding hydrogens is 362 g/mol. The van der Waals surface area contributed by atoms with Gasteiger partial charge in [-0.15, -0.1) is 0 Å². The normalized spacial score (nSPS) is 11.6. The van der Waals surface area contributed by atoms with Crippen molar-refractivity contribution in [2.45, 2.75) is 20.4 Å². The van der Waals surface area contributed by atoms with Crippen LogP contribution in [0.3, 0.4) is 0 Å². The molecule has 28 heavy (non-hydrogen) atoms. The fourth-order valence-electron chi connectivity index (χ4n) is 2.86. The minimum Gasteiger partial charge on any atom is -0.494 e. The van der Waals surface area contributed by atoms with Crippen molar-refractivity contribution in [1.82, 2.24) is 0 Å². The van der Waals surface area contributed by atoms with E-state index in [2.05, 4.69) is 5.32 Å². The Kier molecular flexibility index (Phi) is 7.34. The van der Waals surface area contributed by atoms with Crippen molar-refractivity contribution in [3.8, 4) is 11.5 Å². The number of methoxy groups -OCH3 is 1. The first-order valence-electron chi connectivity index (χ1n) is 9.00. The van der Waals surface area contributed by atoms with Crippen LogP contribution in [0.4, 0.5) is 11.4 Å². The number of quaternary nitrogens is 1. The first-order valence-corrected chi connectivity index (χ1v) is 9.00. The van der Waals surface area contributed by atoms with Crippen LogP contribution >= 0.6 is 0 Å². The number of nitro benzene ring substituents is 1. The number of rotatable bonds is 9. The van der Waals surface area contributed by atoms with Crippen LogP contribution in [0.1, 0.15) is 18.1 Å². The lowest BCUT2D eigenvalue weighted by atomic mass is 10.1. The minimum atomic E-state index is -0.508. The van der Waals surface area contributed by atoms with Crippen molar-refractivity contribution in [2.24, 2.45) is 0 Å². The second kappa shape index (κ2) is 9.70. The fourth-order valence-corrected chi connectivity index (χ4v) is 2.86. The molecule has 8 nitrogen and oxygen atoms in total. The van der Waals surface area contributed by atoms with Gasteiger partial charge in [0.25, 0.3) is 5.91 Å². The van der Waals surface area contributed by atoms with Crippen molar-refractivity contribution < 1.29 is 24.1 Å². The number of anilines is 1. The summed E-state index contributed by atoms with van der Waals surface area (Å²) in [7, 11) is 3.29. The van der Waals surface area contributed by atoms with E-state index in [1.54, 1.807) is 6.92 Å². The van der Waals surface area contributed by atoms with Crippen LogP contribution in [0.2, 0.25) is 0 Å². The highest BCUT2D eigenvalue weighted by molar-refractivity contribution is 5.92. The van der Waals surface area contributed by atoms with Crippen LogP contribution in [0.25, 0.3) is 0 Å². The molecule has 150 valence electrons. The van der Waals surface area contributed by atoms with Gasteiger partial charge in [0, 0.05) is 23.4 Å². The molecule has 8 heteroatoms. The van der Waals surface area contributed by atoms with E-state index in [9.17, 15) is 14.9 Å². The molecule has 1 unspecified atom stereocenters. The molecule has 2 rings (SSSR count). The van der Waals surface area contributed by atoms with Gasteiger partial charge in [-0.1, -0.05) is 0 Å². The first kappa shape index (κ1) is 21.2. The Morgan fingerprint density at radius 3 is 2.50 bits per heavy atom. The van der Waals surface area contributed by atoms with E-state index in [-0.39, 0.29) is 23.9 Å². The Bertz CT molecular complexity index is 836. The summed E-state index contributed by atoms with van der Waals surface area (Å²) >= 11 is 0. The number of hydrogen-bond donors (Lipinski definition) is 2. The number of carbonyl (C=O) groups excluding carboxylic acids is 1. The molecule has 0 saturated carbocycles. The number of nitrogens with one attached hydrogen (secondary N) is 2. The molecule has 0 heterocycles. The molecule has 1 atom stereocenters. The van der Waals surface area contributed by atoms with Gasteiger partial charge in [-0.25, -0.2) is 0 Å². The fraction of sp³-hybridized carbons (Fsp3) is 0.350. The van der Waals surface area contributed by atoms with E-state index in [0.717, 1.165) is 16.2 Å². The Balaban J connectivity index is 1.98. The van der Waals surface area contributed by atoms with Crippen molar-refractivity contribution >= 4 is 17.3 Å². The zero-order valence-electron chi connectivity index (χ0n) is 16.6. The van der Waals surface area contributed by atoms with E-state index in [4.69, 9.17) is 9.47 Å². The largest absolute Gasteiger partial charge is 0.494 e. The van der Waals surface area contributed by atoms with Crippen molar-refractivity contribution in [1.29, 1.82) is 0 Å². The number of carbonyl (C=O) groups is 1. The number of likely N-dealkylation sites (N-methyl/N-ethyl adjacent to an activating group) is 1. The Morgan fingerprint density at radius 1 is 1.25 bits per heavy atom. The van der Waals surface area contributed by atoms with Gasteiger partial charge in [0.15, 0.2) is 12.3 Å². The van der Waals surface area contributed by atoms with Gasteiger partial charge in [0.2, 0.25) is 0 Å². The summed E-state index contributed by atoms with van der Waals surface area (Å²) < 4.78 is 10.5. The molecule has 2 aromatic rings. The van der Waals surface area contributed by atoms with Crippen molar-refractivity contribution in [3.05, 3.63) is 57.6 Å². The van der Waals surface area contributed by atoms with Crippen LogP contribution in [0, 0.1) is 17.0 Å². The molecule has 1 amide bonds. The molecular formula is C20H26N3O5+. The predicted octanol–water partition coefficient (Wildman–Crippen LogP) is 1.96. The summed E-state index contributed by atoms with van der Waals surface area (Å²) in [5, 5.41) is 13.9. The van der Waals surface area contributed by atoms with Gasteiger partial charge in [0.05, 0.1) is 25.7 Å². The molecule has 0 saturated heterocycles. The van der Waals surface area contributed by atoms with Gasteiger partial charge in [-0.3, -0.25) is 14.9 Å². The number of hydrogen-bond acceptors (Lipinski definition) is 5. The maximum atomic E-state index is 12.4. The van der Waals surface area contributed by atoms with Crippen LogP contribution in [0.15, 0.2) is 36.4 Å². The van der Waals surface area contributed by atoms with Crippen molar-refractivity contribution in [3.63, 3.8) is 0 Å². The van der Waals surface area contributed by atoms with Gasteiger partial charge < -0.3 is 19.7 Å². The summed E-state index contributed by atoms with van der Waals surface area (Å²) in [6.07, 6.45) is 0. The van der Waals surface area contributed by atoms with E-state index in [1.807, 2.05) is 38.2 Å². The molecule has 2 aromatic carbocycles. The second-order valence-electron chi connectivity index (χ2n) is 6.53. The third-order valence-electron chi connectivity index (χ3n) is 4.20.